The van der Waals surface area contributed by atoms with Crippen molar-refractivity contribution >= 4 is 33.7 Å². The van der Waals surface area contributed by atoms with E-state index < -0.39 is 46.2 Å². The Morgan fingerprint density at radius 1 is 1.00 bits per heavy atom. The average molecular weight is 576 g/mol. The molecule has 1 aliphatic rings. The fourth-order valence-corrected chi connectivity index (χ4v) is 5.02. The van der Waals surface area contributed by atoms with Crippen LogP contribution in [0.25, 0.3) is 0 Å². The van der Waals surface area contributed by atoms with Crippen LogP contribution in [0.2, 0.25) is 0 Å². The van der Waals surface area contributed by atoms with Crippen LogP contribution in [0, 0.1) is 6.92 Å². The molecule has 0 radical (unpaired) electrons. The fraction of sp³-hybridized carbons (Fsp3) is 0.464. The van der Waals surface area contributed by atoms with Gasteiger partial charge in [-0.15, -0.1) is 0 Å². The summed E-state index contributed by atoms with van der Waals surface area (Å²) in [4.78, 5) is 41.7. The Balaban J connectivity index is 1.84. The maximum Gasteiger partial charge on any atom is 0.415 e. The van der Waals surface area contributed by atoms with E-state index in [-0.39, 0.29) is 10.6 Å². The van der Waals surface area contributed by atoms with E-state index in [0.717, 1.165) is 9.87 Å². The van der Waals surface area contributed by atoms with Crippen LogP contribution < -0.4 is 9.64 Å². The van der Waals surface area contributed by atoms with Crippen LogP contribution >= 0.6 is 0 Å². The first-order valence-electron chi connectivity index (χ1n) is 12.9. The van der Waals surface area contributed by atoms with E-state index in [1.165, 1.54) is 60.2 Å². The third-order valence-electron chi connectivity index (χ3n) is 6.08. The maximum atomic E-state index is 13.6. The first-order chi connectivity index (χ1) is 18.7. The van der Waals surface area contributed by atoms with Crippen molar-refractivity contribution in [3.05, 3.63) is 54.1 Å². The smallest absolute Gasteiger partial charge is 0.415 e. The van der Waals surface area contributed by atoms with Gasteiger partial charge in [-0.3, -0.25) is 9.69 Å². The predicted octanol–water partition coefficient (Wildman–Crippen LogP) is 3.21. The predicted molar refractivity (Wildman–Crippen MR) is 149 cm³/mol. The molecule has 2 aromatic rings. The van der Waals surface area contributed by atoms with Crippen LogP contribution in [-0.2, 0) is 29.1 Å². The Morgan fingerprint density at radius 3 is 2.12 bits per heavy atom. The van der Waals surface area contributed by atoms with Gasteiger partial charge in [0.2, 0.25) is 15.9 Å². The summed E-state index contributed by atoms with van der Waals surface area (Å²) in [5.41, 5.74) is 0.396. The second-order valence-electron chi connectivity index (χ2n) is 10.5. The van der Waals surface area contributed by atoms with Crippen LogP contribution in [0.1, 0.15) is 33.3 Å². The second kappa shape index (κ2) is 12.8. The van der Waals surface area contributed by atoms with Crippen LogP contribution in [0.4, 0.5) is 10.5 Å². The molecule has 0 saturated carbocycles. The molecule has 0 spiro atoms. The fourth-order valence-electron chi connectivity index (χ4n) is 3.90. The molecule has 2 amide bonds. The van der Waals surface area contributed by atoms with Crippen LogP contribution in [0.15, 0.2) is 53.4 Å². The highest BCUT2D eigenvalue weighted by Gasteiger charge is 2.33. The number of amides is 2. The molecule has 40 heavy (non-hydrogen) atoms. The van der Waals surface area contributed by atoms with Gasteiger partial charge in [0.1, 0.15) is 17.4 Å². The van der Waals surface area contributed by atoms with E-state index in [9.17, 15) is 22.8 Å². The number of anilines is 1. The third-order valence-corrected chi connectivity index (χ3v) is 7.90. The van der Waals surface area contributed by atoms with Crippen LogP contribution in [-0.4, -0.2) is 87.1 Å². The van der Waals surface area contributed by atoms with Gasteiger partial charge in [0.15, 0.2) is 0 Å². The first-order valence-corrected chi connectivity index (χ1v) is 14.4. The summed E-state index contributed by atoms with van der Waals surface area (Å²) in [6, 6.07) is 11.3. The molecule has 1 fully saturated rings. The number of carbonyl (C=O) groups is 3. The monoisotopic (exact) mass is 575 g/mol. The van der Waals surface area contributed by atoms with Gasteiger partial charge in [-0.2, -0.15) is 4.31 Å². The summed E-state index contributed by atoms with van der Waals surface area (Å²) in [6.07, 6.45) is -0.519. The summed E-state index contributed by atoms with van der Waals surface area (Å²) >= 11 is 0. The molecule has 11 nitrogen and oxygen atoms in total. The number of likely N-dealkylation sites (N-methyl/N-ethyl adjacent to an activating group) is 1. The molecule has 0 bridgehead atoms. The van der Waals surface area contributed by atoms with Crippen molar-refractivity contribution < 1.29 is 37.0 Å². The van der Waals surface area contributed by atoms with E-state index in [2.05, 4.69) is 0 Å². The molecule has 12 heteroatoms. The lowest BCUT2D eigenvalue weighted by Gasteiger charge is -2.31. The molecule has 218 valence electrons. The molecular formula is C28H37N3O8S. The number of hydrogen-bond donors (Lipinski definition) is 0. The Labute approximate surface area is 235 Å². The lowest BCUT2D eigenvalue weighted by atomic mass is 10.1. The maximum absolute atomic E-state index is 13.6. The highest BCUT2D eigenvalue weighted by atomic mass is 32.2. The SMILES string of the molecule is Cc1ccc(S(=O)(=O)N(C)CC(=O)N(c2ccc(OC(=O)N3CCOCC3)cc2)[C@@H](C)C(=O)OC(C)(C)C)cc1. The standard InChI is InChI=1S/C28H37N3O8S/c1-20-7-13-24(14-8-20)40(35,36)29(6)19-25(32)31(21(2)26(33)39-28(3,4)5)22-9-11-23(12-10-22)38-27(34)30-15-17-37-18-16-30/h7-14,21H,15-19H2,1-6H3/t21-/m0/s1. The van der Waals surface area contributed by atoms with E-state index in [4.69, 9.17) is 14.2 Å². The number of morpholine rings is 1. The minimum absolute atomic E-state index is 0.0478. The van der Waals surface area contributed by atoms with Gasteiger partial charge < -0.3 is 19.1 Å². The number of sulfonamides is 1. The average Bonchev–Trinajstić information content (AvgIpc) is 2.89. The van der Waals surface area contributed by atoms with Gasteiger partial charge in [-0.1, -0.05) is 17.7 Å². The molecular weight excluding hydrogens is 538 g/mol. The first kappa shape index (κ1) is 31.1. The van der Waals surface area contributed by atoms with Crippen LogP contribution in [0.5, 0.6) is 5.75 Å². The molecule has 1 atom stereocenters. The zero-order chi connectivity index (χ0) is 29.7. The summed E-state index contributed by atoms with van der Waals surface area (Å²) < 4.78 is 43.3. The van der Waals surface area contributed by atoms with Crippen molar-refractivity contribution in [3.63, 3.8) is 0 Å². The molecule has 1 heterocycles. The lowest BCUT2D eigenvalue weighted by molar-refractivity contribution is -0.156. The largest absolute Gasteiger partial charge is 0.458 e. The van der Waals surface area contributed by atoms with Crippen molar-refractivity contribution in [2.24, 2.45) is 0 Å². The van der Waals surface area contributed by atoms with E-state index in [1.54, 1.807) is 32.9 Å². The topological polar surface area (TPSA) is 123 Å². The van der Waals surface area contributed by atoms with Crippen molar-refractivity contribution in [2.75, 3.05) is 44.8 Å². The summed E-state index contributed by atoms with van der Waals surface area (Å²) in [6.45, 7) is 9.66. The van der Waals surface area contributed by atoms with Crippen molar-refractivity contribution in [1.29, 1.82) is 0 Å². The zero-order valence-corrected chi connectivity index (χ0v) is 24.6. The van der Waals surface area contributed by atoms with Gasteiger partial charge in [0.05, 0.1) is 24.7 Å². The van der Waals surface area contributed by atoms with E-state index in [0.29, 0.717) is 32.0 Å². The number of rotatable bonds is 8. The third kappa shape index (κ3) is 8.03. The summed E-state index contributed by atoms with van der Waals surface area (Å²) in [5.74, 6) is -1.06. The Bertz CT molecular complexity index is 1300. The number of nitrogens with zero attached hydrogens (tertiary/aromatic N) is 3. The van der Waals surface area contributed by atoms with Gasteiger partial charge in [-0.25, -0.2) is 18.0 Å². The van der Waals surface area contributed by atoms with Crippen molar-refractivity contribution in [2.45, 2.75) is 51.2 Å². The van der Waals surface area contributed by atoms with Crippen molar-refractivity contribution in [1.82, 2.24) is 9.21 Å². The number of hydrogen-bond acceptors (Lipinski definition) is 8. The van der Waals surface area contributed by atoms with E-state index in [1.807, 2.05) is 6.92 Å². The molecule has 0 aromatic heterocycles. The summed E-state index contributed by atoms with van der Waals surface area (Å²) in [5, 5.41) is 0. The van der Waals surface area contributed by atoms with Gasteiger partial charge in [0, 0.05) is 25.8 Å². The van der Waals surface area contributed by atoms with E-state index >= 15 is 0 Å². The quantitative estimate of drug-likeness (QED) is 0.440. The molecule has 0 N–H and O–H groups in total. The number of aryl methyl sites for hydroxylation is 1. The molecule has 2 aromatic carbocycles. The van der Waals surface area contributed by atoms with Gasteiger partial charge in [0.25, 0.3) is 0 Å². The molecule has 0 unspecified atom stereocenters. The highest BCUT2D eigenvalue weighted by molar-refractivity contribution is 7.89. The Kier molecular flexibility index (Phi) is 9.93. The normalized spacial score (nSPS) is 14.9. The Morgan fingerprint density at radius 2 is 1.57 bits per heavy atom. The molecule has 1 saturated heterocycles. The molecule has 0 aliphatic carbocycles. The number of ether oxygens (including phenoxy) is 3. The number of esters is 1. The molecule has 3 rings (SSSR count). The Hall–Kier alpha value is -3.48. The highest BCUT2D eigenvalue weighted by Crippen LogP contribution is 2.25. The van der Waals surface area contributed by atoms with Gasteiger partial charge in [-0.05, 0) is 71.0 Å². The van der Waals surface area contributed by atoms with Crippen molar-refractivity contribution in [3.8, 4) is 5.75 Å². The zero-order valence-electron chi connectivity index (χ0n) is 23.7. The minimum Gasteiger partial charge on any atom is -0.458 e. The summed E-state index contributed by atoms with van der Waals surface area (Å²) in [7, 11) is -2.67. The molecule has 1 aliphatic heterocycles. The second-order valence-corrected chi connectivity index (χ2v) is 12.6. The number of benzene rings is 2. The van der Waals surface area contributed by atoms with Crippen LogP contribution in [0.3, 0.4) is 0 Å². The minimum atomic E-state index is -3.97. The van der Waals surface area contributed by atoms with Gasteiger partial charge >= 0.3 is 12.1 Å². The number of carbonyl (C=O) groups excluding carboxylic acids is 3. The lowest BCUT2D eigenvalue weighted by Crippen LogP contribution is -2.49.